The molecule has 0 radical (unpaired) electrons. The average molecular weight is 226 g/mol. The number of carbonyl (C=O) groups excluding carboxylic acids is 1. The smallest absolute Gasteiger partial charge is 0.357 e. The van der Waals surface area contributed by atoms with E-state index < -0.39 is 0 Å². The van der Waals surface area contributed by atoms with E-state index in [0.29, 0.717) is 11.7 Å². The minimum atomic E-state index is -0.374. The SMILES string of the molecule is COC(=O)c1csc(NC2CC(C)C2)n1. The van der Waals surface area contributed by atoms with Crippen LogP contribution in [0.25, 0.3) is 0 Å². The predicted molar refractivity (Wildman–Crippen MR) is 59.3 cm³/mol. The summed E-state index contributed by atoms with van der Waals surface area (Å²) < 4.78 is 4.59. The van der Waals surface area contributed by atoms with Gasteiger partial charge in [-0.25, -0.2) is 9.78 Å². The molecule has 1 aromatic rings. The van der Waals surface area contributed by atoms with E-state index in [4.69, 9.17) is 0 Å². The van der Waals surface area contributed by atoms with Crippen molar-refractivity contribution in [1.82, 2.24) is 4.98 Å². The van der Waals surface area contributed by atoms with Crippen LogP contribution in [-0.4, -0.2) is 24.1 Å². The summed E-state index contributed by atoms with van der Waals surface area (Å²) in [6, 6.07) is 0.525. The number of methoxy groups -OCH3 is 1. The van der Waals surface area contributed by atoms with Gasteiger partial charge in [-0.3, -0.25) is 0 Å². The number of thiazole rings is 1. The maximum absolute atomic E-state index is 11.1. The predicted octanol–water partition coefficient (Wildman–Crippen LogP) is 2.14. The lowest BCUT2D eigenvalue weighted by Gasteiger charge is -2.33. The molecule has 15 heavy (non-hydrogen) atoms. The number of nitrogens with zero attached hydrogens (tertiary/aromatic N) is 1. The molecule has 4 nitrogen and oxygen atoms in total. The van der Waals surface area contributed by atoms with Gasteiger partial charge < -0.3 is 10.1 Å². The van der Waals surface area contributed by atoms with E-state index >= 15 is 0 Å². The summed E-state index contributed by atoms with van der Waals surface area (Å²) >= 11 is 1.45. The first-order valence-electron chi connectivity index (χ1n) is 4.99. The summed E-state index contributed by atoms with van der Waals surface area (Å²) in [6.45, 7) is 2.24. The van der Waals surface area contributed by atoms with Crippen LogP contribution in [0.1, 0.15) is 30.3 Å². The molecule has 0 aromatic carbocycles. The molecule has 0 aliphatic heterocycles. The van der Waals surface area contributed by atoms with Crippen molar-refractivity contribution >= 4 is 22.4 Å². The molecule has 0 spiro atoms. The van der Waals surface area contributed by atoms with Crippen molar-refractivity contribution < 1.29 is 9.53 Å². The van der Waals surface area contributed by atoms with Gasteiger partial charge in [0.2, 0.25) is 0 Å². The molecule has 1 aliphatic carbocycles. The van der Waals surface area contributed by atoms with E-state index in [9.17, 15) is 4.79 Å². The minimum Gasteiger partial charge on any atom is -0.464 e. The molecular formula is C10H14N2O2S. The molecule has 1 saturated carbocycles. The van der Waals surface area contributed by atoms with Gasteiger partial charge >= 0.3 is 5.97 Å². The Balaban J connectivity index is 1.92. The third kappa shape index (κ3) is 2.28. The van der Waals surface area contributed by atoms with Crippen LogP contribution in [0.3, 0.4) is 0 Å². The van der Waals surface area contributed by atoms with Crippen molar-refractivity contribution in [3.05, 3.63) is 11.1 Å². The van der Waals surface area contributed by atoms with Crippen LogP contribution in [0, 0.1) is 5.92 Å². The Morgan fingerprint density at radius 3 is 3.00 bits per heavy atom. The lowest BCUT2D eigenvalue weighted by molar-refractivity contribution is 0.0595. The Bertz CT molecular complexity index is 358. The molecular weight excluding hydrogens is 212 g/mol. The number of ether oxygens (including phenoxy) is 1. The Kier molecular flexibility index (Phi) is 2.90. The standard InChI is InChI=1S/C10H14N2O2S/c1-6-3-7(4-6)11-10-12-8(5-15-10)9(13)14-2/h5-7H,3-4H2,1-2H3,(H,11,12). The second-order valence-corrected chi connectivity index (χ2v) is 4.81. The number of anilines is 1. The normalized spacial score (nSPS) is 24.4. The fraction of sp³-hybridized carbons (Fsp3) is 0.600. The molecule has 1 N–H and O–H groups in total. The third-order valence-corrected chi connectivity index (χ3v) is 3.37. The van der Waals surface area contributed by atoms with Crippen LogP contribution in [0.4, 0.5) is 5.13 Å². The highest BCUT2D eigenvalue weighted by Gasteiger charge is 2.25. The minimum absolute atomic E-state index is 0.374. The number of esters is 1. The van der Waals surface area contributed by atoms with Crippen molar-refractivity contribution in [3.63, 3.8) is 0 Å². The molecule has 1 heterocycles. The fourth-order valence-corrected chi connectivity index (χ4v) is 2.49. The van der Waals surface area contributed by atoms with E-state index in [1.165, 1.54) is 31.3 Å². The molecule has 5 heteroatoms. The summed E-state index contributed by atoms with van der Waals surface area (Å²) in [7, 11) is 1.36. The van der Waals surface area contributed by atoms with Gasteiger partial charge in [-0.2, -0.15) is 0 Å². The molecule has 0 amide bonds. The zero-order valence-electron chi connectivity index (χ0n) is 8.82. The number of hydrogen-bond donors (Lipinski definition) is 1. The average Bonchev–Trinajstić information content (AvgIpc) is 2.63. The quantitative estimate of drug-likeness (QED) is 0.802. The van der Waals surface area contributed by atoms with Crippen molar-refractivity contribution in [2.24, 2.45) is 5.92 Å². The Morgan fingerprint density at radius 1 is 1.67 bits per heavy atom. The van der Waals surface area contributed by atoms with Crippen LogP contribution in [-0.2, 0) is 4.74 Å². The van der Waals surface area contributed by atoms with Gasteiger partial charge in [-0.1, -0.05) is 6.92 Å². The molecule has 0 unspecified atom stereocenters. The molecule has 0 saturated heterocycles. The topological polar surface area (TPSA) is 51.2 Å². The van der Waals surface area contributed by atoms with Crippen LogP contribution < -0.4 is 5.32 Å². The third-order valence-electron chi connectivity index (χ3n) is 2.60. The second-order valence-electron chi connectivity index (χ2n) is 3.95. The summed E-state index contributed by atoms with van der Waals surface area (Å²) in [5.74, 6) is 0.434. The highest BCUT2D eigenvalue weighted by molar-refractivity contribution is 7.13. The fourth-order valence-electron chi connectivity index (χ4n) is 1.73. The van der Waals surface area contributed by atoms with E-state index in [0.717, 1.165) is 11.0 Å². The van der Waals surface area contributed by atoms with Crippen LogP contribution in [0.5, 0.6) is 0 Å². The van der Waals surface area contributed by atoms with E-state index in [1.54, 1.807) is 5.38 Å². The van der Waals surface area contributed by atoms with Crippen molar-refractivity contribution in [3.8, 4) is 0 Å². The van der Waals surface area contributed by atoms with Crippen molar-refractivity contribution in [2.75, 3.05) is 12.4 Å². The summed E-state index contributed by atoms with van der Waals surface area (Å²) in [5.41, 5.74) is 0.386. The zero-order valence-corrected chi connectivity index (χ0v) is 9.63. The number of carbonyl (C=O) groups is 1. The van der Waals surface area contributed by atoms with Crippen LogP contribution >= 0.6 is 11.3 Å². The first kappa shape index (κ1) is 10.4. The van der Waals surface area contributed by atoms with Gasteiger partial charge in [-0.05, 0) is 18.8 Å². The Hall–Kier alpha value is -1.10. The molecule has 0 atom stereocenters. The molecule has 1 fully saturated rings. The highest BCUT2D eigenvalue weighted by atomic mass is 32.1. The number of rotatable bonds is 3. The second kappa shape index (κ2) is 4.18. The molecule has 0 bridgehead atoms. The number of aromatic nitrogens is 1. The maximum Gasteiger partial charge on any atom is 0.357 e. The monoisotopic (exact) mass is 226 g/mol. The number of hydrogen-bond acceptors (Lipinski definition) is 5. The van der Waals surface area contributed by atoms with E-state index in [1.807, 2.05) is 0 Å². The van der Waals surface area contributed by atoms with Gasteiger partial charge in [0.25, 0.3) is 0 Å². The van der Waals surface area contributed by atoms with Crippen molar-refractivity contribution in [1.29, 1.82) is 0 Å². The first-order chi connectivity index (χ1) is 7.19. The summed E-state index contributed by atoms with van der Waals surface area (Å²) in [6.07, 6.45) is 2.38. The van der Waals surface area contributed by atoms with E-state index in [-0.39, 0.29) is 5.97 Å². The van der Waals surface area contributed by atoms with Crippen LogP contribution in [0.15, 0.2) is 5.38 Å². The summed E-state index contributed by atoms with van der Waals surface area (Å²) in [4.78, 5) is 15.3. The Labute approximate surface area is 92.7 Å². The highest BCUT2D eigenvalue weighted by Crippen LogP contribution is 2.30. The largest absolute Gasteiger partial charge is 0.464 e. The summed E-state index contributed by atoms with van der Waals surface area (Å²) in [5, 5.41) is 5.84. The zero-order chi connectivity index (χ0) is 10.8. The number of nitrogens with one attached hydrogen (secondary N) is 1. The lowest BCUT2D eigenvalue weighted by Crippen LogP contribution is -2.33. The van der Waals surface area contributed by atoms with Crippen LogP contribution in [0.2, 0.25) is 0 Å². The molecule has 1 aromatic heterocycles. The van der Waals surface area contributed by atoms with E-state index in [2.05, 4.69) is 22.0 Å². The molecule has 2 rings (SSSR count). The van der Waals surface area contributed by atoms with Gasteiger partial charge in [0.05, 0.1) is 7.11 Å². The van der Waals surface area contributed by atoms with Gasteiger partial charge in [0.1, 0.15) is 0 Å². The molecule has 1 aliphatic rings. The van der Waals surface area contributed by atoms with Gasteiger partial charge in [0.15, 0.2) is 10.8 Å². The maximum atomic E-state index is 11.1. The van der Waals surface area contributed by atoms with Gasteiger partial charge in [-0.15, -0.1) is 11.3 Å². The Morgan fingerprint density at radius 2 is 2.40 bits per heavy atom. The van der Waals surface area contributed by atoms with Crippen molar-refractivity contribution in [2.45, 2.75) is 25.8 Å². The lowest BCUT2D eigenvalue weighted by atomic mass is 9.82. The molecule has 82 valence electrons. The van der Waals surface area contributed by atoms with Gasteiger partial charge in [0, 0.05) is 11.4 Å². The first-order valence-corrected chi connectivity index (χ1v) is 5.87.